The van der Waals surface area contributed by atoms with Gasteiger partial charge in [0.1, 0.15) is 6.10 Å². The molecule has 0 amide bonds. The van der Waals surface area contributed by atoms with E-state index < -0.39 is 0 Å². The Hall–Kier alpha value is -1.26. The highest BCUT2D eigenvalue weighted by molar-refractivity contribution is 5.40. The Morgan fingerprint density at radius 2 is 2.10 bits per heavy atom. The highest BCUT2D eigenvalue weighted by Gasteiger charge is 2.17. The van der Waals surface area contributed by atoms with Crippen LogP contribution < -0.4 is 14.8 Å². The van der Waals surface area contributed by atoms with Crippen molar-refractivity contribution in [1.29, 1.82) is 0 Å². The topological polar surface area (TPSA) is 39.7 Å². The van der Waals surface area contributed by atoms with E-state index in [1.54, 1.807) is 0 Å². The second-order valence-corrected chi connectivity index (χ2v) is 5.30. The Morgan fingerprint density at radius 1 is 1.30 bits per heavy atom. The second kappa shape index (κ2) is 8.12. The zero-order chi connectivity index (χ0) is 14.2. The molecule has 1 N–H and O–H groups in total. The van der Waals surface area contributed by atoms with Crippen molar-refractivity contribution in [2.45, 2.75) is 38.9 Å². The SMILES string of the molecule is CC(C)OCCCNCC1CCOc2ccccc2O1. The van der Waals surface area contributed by atoms with Gasteiger partial charge in [-0.3, -0.25) is 0 Å². The predicted octanol–water partition coefficient (Wildman–Crippen LogP) is 2.62. The molecule has 0 aliphatic carbocycles. The molecule has 0 fully saturated rings. The standard InChI is InChI=1S/C16H25NO3/c1-13(2)18-10-5-9-17-12-14-8-11-19-15-6-3-4-7-16(15)20-14/h3-4,6-7,13-14,17H,5,8-12H2,1-2H3. The van der Waals surface area contributed by atoms with Crippen LogP contribution in [0, 0.1) is 0 Å². The molecule has 4 nitrogen and oxygen atoms in total. The summed E-state index contributed by atoms with van der Waals surface area (Å²) in [6.07, 6.45) is 2.42. The summed E-state index contributed by atoms with van der Waals surface area (Å²) >= 11 is 0. The van der Waals surface area contributed by atoms with Crippen LogP contribution in [-0.2, 0) is 4.74 Å². The van der Waals surface area contributed by atoms with E-state index in [9.17, 15) is 0 Å². The van der Waals surface area contributed by atoms with Crippen molar-refractivity contribution in [3.8, 4) is 11.5 Å². The lowest BCUT2D eigenvalue weighted by atomic mass is 10.2. The Bertz CT molecular complexity index is 395. The van der Waals surface area contributed by atoms with E-state index in [-0.39, 0.29) is 6.10 Å². The molecule has 0 aromatic heterocycles. The monoisotopic (exact) mass is 279 g/mol. The highest BCUT2D eigenvalue weighted by Crippen LogP contribution is 2.30. The quantitative estimate of drug-likeness (QED) is 0.779. The summed E-state index contributed by atoms with van der Waals surface area (Å²) in [4.78, 5) is 0. The summed E-state index contributed by atoms with van der Waals surface area (Å²) < 4.78 is 17.2. The maximum Gasteiger partial charge on any atom is 0.161 e. The lowest BCUT2D eigenvalue weighted by Gasteiger charge is -2.17. The Balaban J connectivity index is 1.67. The van der Waals surface area contributed by atoms with Crippen LogP contribution in [-0.4, -0.2) is 38.5 Å². The van der Waals surface area contributed by atoms with Crippen LogP contribution in [0.5, 0.6) is 11.5 Å². The first-order chi connectivity index (χ1) is 9.75. The summed E-state index contributed by atoms with van der Waals surface area (Å²) in [5, 5.41) is 3.43. The molecule has 0 saturated heterocycles. The lowest BCUT2D eigenvalue weighted by Crippen LogP contribution is -2.32. The third kappa shape index (κ3) is 5.02. The summed E-state index contributed by atoms with van der Waals surface area (Å²) in [6, 6.07) is 7.86. The molecular formula is C16H25NO3. The fourth-order valence-corrected chi connectivity index (χ4v) is 2.13. The normalized spacial score (nSPS) is 18.1. The predicted molar refractivity (Wildman–Crippen MR) is 79.5 cm³/mol. The first-order valence-electron chi connectivity index (χ1n) is 7.46. The number of ether oxygens (including phenoxy) is 3. The van der Waals surface area contributed by atoms with Crippen molar-refractivity contribution in [1.82, 2.24) is 5.32 Å². The average Bonchev–Trinajstić information content (AvgIpc) is 2.64. The first-order valence-corrected chi connectivity index (χ1v) is 7.46. The molecule has 20 heavy (non-hydrogen) atoms. The fraction of sp³-hybridized carbons (Fsp3) is 0.625. The van der Waals surface area contributed by atoms with Gasteiger partial charge in [0.15, 0.2) is 11.5 Å². The van der Waals surface area contributed by atoms with Gasteiger partial charge in [-0.15, -0.1) is 0 Å². The Kier molecular flexibility index (Phi) is 6.15. The Morgan fingerprint density at radius 3 is 2.90 bits per heavy atom. The van der Waals surface area contributed by atoms with Crippen LogP contribution >= 0.6 is 0 Å². The number of hydrogen-bond acceptors (Lipinski definition) is 4. The van der Waals surface area contributed by atoms with Crippen molar-refractivity contribution in [2.24, 2.45) is 0 Å². The molecule has 1 aliphatic heterocycles. The van der Waals surface area contributed by atoms with Crippen LogP contribution in [0.15, 0.2) is 24.3 Å². The molecule has 1 aromatic rings. The van der Waals surface area contributed by atoms with Gasteiger partial charge in [0.2, 0.25) is 0 Å². The van der Waals surface area contributed by atoms with Crippen LogP contribution in [0.25, 0.3) is 0 Å². The van der Waals surface area contributed by atoms with Gasteiger partial charge in [-0.25, -0.2) is 0 Å². The van der Waals surface area contributed by atoms with Gasteiger partial charge in [-0.05, 0) is 38.9 Å². The smallest absolute Gasteiger partial charge is 0.161 e. The minimum atomic E-state index is 0.171. The van der Waals surface area contributed by atoms with E-state index in [0.717, 1.165) is 44.0 Å². The third-order valence-corrected chi connectivity index (χ3v) is 3.16. The van der Waals surface area contributed by atoms with Gasteiger partial charge in [0.05, 0.1) is 12.7 Å². The molecule has 0 saturated carbocycles. The zero-order valence-corrected chi connectivity index (χ0v) is 12.4. The number of nitrogens with one attached hydrogen (secondary N) is 1. The molecule has 112 valence electrons. The molecule has 0 bridgehead atoms. The number of hydrogen-bond donors (Lipinski definition) is 1. The van der Waals surface area contributed by atoms with Crippen molar-refractivity contribution in [2.75, 3.05) is 26.3 Å². The third-order valence-electron chi connectivity index (χ3n) is 3.16. The highest BCUT2D eigenvalue weighted by atomic mass is 16.5. The van der Waals surface area contributed by atoms with Crippen molar-refractivity contribution < 1.29 is 14.2 Å². The Labute approximate surface area is 121 Å². The summed E-state index contributed by atoms with van der Waals surface area (Å²) in [7, 11) is 0. The molecule has 1 aromatic carbocycles. The first kappa shape index (κ1) is 15.1. The summed E-state index contributed by atoms with van der Waals surface area (Å²) in [5.41, 5.74) is 0. The van der Waals surface area contributed by atoms with E-state index in [1.165, 1.54) is 0 Å². The number of benzene rings is 1. The van der Waals surface area contributed by atoms with Gasteiger partial charge in [-0.2, -0.15) is 0 Å². The lowest BCUT2D eigenvalue weighted by molar-refractivity contribution is 0.0765. The van der Waals surface area contributed by atoms with Crippen LogP contribution in [0.1, 0.15) is 26.7 Å². The molecule has 1 atom stereocenters. The molecule has 0 radical (unpaired) electrons. The van der Waals surface area contributed by atoms with Gasteiger partial charge in [-0.1, -0.05) is 12.1 Å². The van der Waals surface area contributed by atoms with Gasteiger partial charge in [0, 0.05) is 19.6 Å². The number of rotatable bonds is 7. The van der Waals surface area contributed by atoms with Crippen molar-refractivity contribution in [3.63, 3.8) is 0 Å². The van der Waals surface area contributed by atoms with E-state index in [0.29, 0.717) is 12.7 Å². The maximum absolute atomic E-state index is 5.98. The molecule has 1 aliphatic rings. The molecule has 0 spiro atoms. The minimum Gasteiger partial charge on any atom is -0.490 e. The minimum absolute atomic E-state index is 0.171. The zero-order valence-electron chi connectivity index (χ0n) is 12.4. The summed E-state index contributed by atoms with van der Waals surface area (Å²) in [6.45, 7) is 7.44. The van der Waals surface area contributed by atoms with E-state index in [4.69, 9.17) is 14.2 Å². The average molecular weight is 279 g/mol. The van der Waals surface area contributed by atoms with E-state index >= 15 is 0 Å². The van der Waals surface area contributed by atoms with E-state index in [1.807, 2.05) is 24.3 Å². The van der Waals surface area contributed by atoms with Gasteiger partial charge >= 0.3 is 0 Å². The van der Waals surface area contributed by atoms with Crippen LogP contribution in [0.3, 0.4) is 0 Å². The largest absolute Gasteiger partial charge is 0.490 e. The molecule has 1 heterocycles. The summed E-state index contributed by atoms with van der Waals surface area (Å²) in [5.74, 6) is 1.69. The molecule has 1 unspecified atom stereocenters. The second-order valence-electron chi connectivity index (χ2n) is 5.30. The van der Waals surface area contributed by atoms with Crippen LogP contribution in [0.4, 0.5) is 0 Å². The van der Waals surface area contributed by atoms with Gasteiger partial charge in [0.25, 0.3) is 0 Å². The number of para-hydroxylation sites is 2. The van der Waals surface area contributed by atoms with Crippen molar-refractivity contribution in [3.05, 3.63) is 24.3 Å². The fourth-order valence-electron chi connectivity index (χ4n) is 2.13. The van der Waals surface area contributed by atoms with Crippen molar-refractivity contribution >= 4 is 0 Å². The molecular weight excluding hydrogens is 254 g/mol. The molecule has 4 heteroatoms. The maximum atomic E-state index is 5.98. The van der Waals surface area contributed by atoms with Gasteiger partial charge < -0.3 is 19.5 Å². The van der Waals surface area contributed by atoms with Crippen LogP contribution in [0.2, 0.25) is 0 Å². The molecule has 2 rings (SSSR count). The number of fused-ring (bicyclic) bond motifs is 1. The van der Waals surface area contributed by atoms with E-state index in [2.05, 4.69) is 19.2 Å².